The monoisotopic (exact) mass is 548 g/mol. The van der Waals surface area contributed by atoms with E-state index < -0.39 is 0 Å². The highest BCUT2D eigenvalue weighted by Crippen LogP contribution is 2.41. The second-order valence-corrected chi connectivity index (χ2v) is 11.4. The van der Waals surface area contributed by atoms with E-state index in [1.807, 2.05) is 6.07 Å². The van der Waals surface area contributed by atoms with Crippen LogP contribution in [0.15, 0.2) is 150 Å². The summed E-state index contributed by atoms with van der Waals surface area (Å²) in [7, 11) is 0. The molecule has 3 heteroatoms. The van der Waals surface area contributed by atoms with E-state index in [0.29, 0.717) is 0 Å². The van der Waals surface area contributed by atoms with Gasteiger partial charge in [-0.05, 0) is 77.5 Å². The minimum Gasteiger partial charge on any atom is -0.456 e. The molecule has 0 aliphatic carbocycles. The summed E-state index contributed by atoms with van der Waals surface area (Å²) in [5.41, 5.74) is 8.92. The lowest BCUT2D eigenvalue weighted by Gasteiger charge is -2.11. The number of nitrogens with zero attached hydrogens (tertiary/aromatic N) is 2. The van der Waals surface area contributed by atoms with Gasteiger partial charge in [0.15, 0.2) is 0 Å². The maximum absolute atomic E-state index is 6.35. The zero-order valence-electron chi connectivity index (χ0n) is 23.2. The summed E-state index contributed by atoms with van der Waals surface area (Å²) in [6.07, 6.45) is 0. The Morgan fingerprint density at radius 1 is 0.326 bits per heavy atom. The van der Waals surface area contributed by atoms with Gasteiger partial charge >= 0.3 is 0 Å². The Balaban J connectivity index is 1.35. The van der Waals surface area contributed by atoms with E-state index in [1.165, 1.54) is 60.1 Å². The van der Waals surface area contributed by atoms with Crippen LogP contribution in [0.3, 0.4) is 0 Å². The van der Waals surface area contributed by atoms with Gasteiger partial charge in [0.1, 0.15) is 11.2 Å². The molecule has 0 fully saturated rings. The minimum absolute atomic E-state index is 0.918. The van der Waals surface area contributed by atoms with Crippen LogP contribution in [-0.2, 0) is 0 Å². The maximum atomic E-state index is 6.35. The van der Waals surface area contributed by atoms with Crippen LogP contribution in [-0.4, -0.2) is 9.13 Å². The first-order chi connectivity index (χ1) is 21.3. The Morgan fingerprint density at radius 2 is 0.953 bits per heavy atom. The lowest BCUT2D eigenvalue weighted by Crippen LogP contribution is -1.95. The summed E-state index contributed by atoms with van der Waals surface area (Å²) < 4.78 is 11.2. The van der Waals surface area contributed by atoms with Gasteiger partial charge in [0.25, 0.3) is 0 Å². The normalized spacial score (nSPS) is 12.2. The van der Waals surface area contributed by atoms with E-state index in [9.17, 15) is 0 Å². The summed E-state index contributed by atoms with van der Waals surface area (Å²) >= 11 is 0. The third-order valence-electron chi connectivity index (χ3n) is 9.06. The van der Waals surface area contributed by atoms with Gasteiger partial charge in [-0.1, -0.05) is 78.9 Å². The first kappa shape index (κ1) is 22.8. The van der Waals surface area contributed by atoms with Crippen LogP contribution in [0.4, 0.5) is 0 Å². The molecule has 3 nitrogen and oxygen atoms in total. The molecule has 0 bridgehead atoms. The van der Waals surface area contributed by atoms with Gasteiger partial charge in [-0.3, -0.25) is 0 Å². The predicted octanol–water partition coefficient (Wildman–Crippen LogP) is 10.9. The van der Waals surface area contributed by atoms with Gasteiger partial charge in [-0.25, -0.2) is 0 Å². The van der Waals surface area contributed by atoms with E-state index in [4.69, 9.17) is 4.42 Å². The average Bonchev–Trinajstić information content (AvgIpc) is 3.69. The minimum atomic E-state index is 0.918. The summed E-state index contributed by atoms with van der Waals surface area (Å²) in [6.45, 7) is 0. The Hall–Kier alpha value is -5.80. The fraction of sp³-hybridized carbons (Fsp3) is 0. The second-order valence-electron chi connectivity index (χ2n) is 11.4. The molecule has 43 heavy (non-hydrogen) atoms. The van der Waals surface area contributed by atoms with Crippen LogP contribution in [0.2, 0.25) is 0 Å². The molecule has 10 rings (SSSR count). The number of benzene rings is 7. The van der Waals surface area contributed by atoms with Crippen molar-refractivity contribution < 1.29 is 4.42 Å². The van der Waals surface area contributed by atoms with E-state index in [2.05, 4.69) is 149 Å². The van der Waals surface area contributed by atoms with Crippen molar-refractivity contribution in [3.05, 3.63) is 146 Å². The van der Waals surface area contributed by atoms with E-state index in [1.54, 1.807) is 0 Å². The molecule has 3 aromatic heterocycles. The van der Waals surface area contributed by atoms with Crippen molar-refractivity contribution in [2.24, 2.45) is 0 Å². The number of hydrogen-bond donors (Lipinski definition) is 0. The van der Waals surface area contributed by atoms with Crippen LogP contribution in [0.1, 0.15) is 0 Å². The summed E-state index contributed by atoms with van der Waals surface area (Å²) in [4.78, 5) is 0. The first-order valence-corrected chi connectivity index (χ1v) is 14.7. The Morgan fingerprint density at radius 3 is 1.84 bits per heavy atom. The Bertz CT molecular complexity index is 2720. The number of hydrogen-bond acceptors (Lipinski definition) is 1. The lowest BCUT2D eigenvalue weighted by molar-refractivity contribution is 0.669. The van der Waals surface area contributed by atoms with Gasteiger partial charge in [0.05, 0.1) is 22.1 Å². The molecule has 0 aliphatic rings. The van der Waals surface area contributed by atoms with Gasteiger partial charge in [-0.2, -0.15) is 0 Å². The highest BCUT2D eigenvalue weighted by Gasteiger charge is 2.19. The SMILES string of the molecule is c1ccc(-n2c3ccccc3c3cc(-n4c5cc6ccccc6cc5c5cc6oc7ccccc7c6cc54)ccc32)cc1. The van der Waals surface area contributed by atoms with Crippen molar-refractivity contribution >= 4 is 76.3 Å². The maximum Gasteiger partial charge on any atom is 0.136 e. The van der Waals surface area contributed by atoms with Gasteiger partial charge < -0.3 is 13.6 Å². The summed E-state index contributed by atoms with van der Waals surface area (Å²) in [6, 6.07) is 52.4. The largest absolute Gasteiger partial charge is 0.456 e. The molecular weight excluding hydrogens is 524 g/mol. The van der Waals surface area contributed by atoms with Crippen molar-refractivity contribution in [1.29, 1.82) is 0 Å². The molecule has 0 N–H and O–H groups in total. The molecule has 7 aromatic carbocycles. The molecule has 0 saturated carbocycles. The third kappa shape index (κ3) is 3.14. The fourth-order valence-electron chi connectivity index (χ4n) is 7.15. The zero-order chi connectivity index (χ0) is 28.1. The number of aromatic nitrogens is 2. The fourth-order valence-corrected chi connectivity index (χ4v) is 7.15. The number of fused-ring (bicyclic) bond motifs is 10. The van der Waals surface area contributed by atoms with Crippen LogP contribution in [0.25, 0.3) is 87.7 Å². The quantitative estimate of drug-likeness (QED) is 0.211. The van der Waals surface area contributed by atoms with Crippen molar-refractivity contribution in [3.8, 4) is 11.4 Å². The standard InChI is InChI=1S/C40H24N2O/c1-2-12-27(13-3-1)41-35-16-8-6-14-29(35)32-22-28(18-19-36(32)41)42-37-21-26-11-5-4-10-25(26)20-31(37)33-24-40-34(23-38(33)42)30-15-7-9-17-39(30)43-40/h1-24H. The van der Waals surface area contributed by atoms with E-state index >= 15 is 0 Å². The molecule has 0 saturated heterocycles. The predicted molar refractivity (Wildman–Crippen MR) is 180 cm³/mol. The summed E-state index contributed by atoms with van der Waals surface area (Å²) in [5.74, 6) is 0. The van der Waals surface area contributed by atoms with Crippen LogP contribution in [0.5, 0.6) is 0 Å². The lowest BCUT2D eigenvalue weighted by atomic mass is 10.1. The van der Waals surface area contributed by atoms with Gasteiger partial charge in [-0.15, -0.1) is 0 Å². The smallest absolute Gasteiger partial charge is 0.136 e. The van der Waals surface area contributed by atoms with Crippen LogP contribution < -0.4 is 0 Å². The van der Waals surface area contributed by atoms with Crippen molar-refractivity contribution in [2.45, 2.75) is 0 Å². The number of furan rings is 1. The third-order valence-corrected chi connectivity index (χ3v) is 9.06. The van der Waals surface area contributed by atoms with E-state index in [0.717, 1.165) is 27.6 Å². The molecular formula is C40H24N2O. The topological polar surface area (TPSA) is 23.0 Å². The molecule has 0 radical (unpaired) electrons. The molecule has 0 aliphatic heterocycles. The average molecular weight is 549 g/mol. The van der Waals surface area contributed by atoms with Crippen LogP contribution >= 0.6 is 0 Å². The highest BCUT2D eigenvalue weighted by molar-refractivity contribution is 6.19. The van der Waals surface area contributed by atoms with Crippen molar-refractivity contribution in [1.82, 2.24) is 9.13 Å². The molecule has 0 unspecified atom stereocenters. The molecule has 3 heterocycles. The Kier molecular flexibility index (Phi) is 4.45. The molecule has 0 atom stereocenters. The second kappa shape index (κ2) is 8.37. The molecule has 200 valence electrons. The zero-order valence-corrected chi connectivity index (χ0v) is 23.2. The first-order valence-electron chi connectivity index (χ1n) is 14.7. The number of rotatable bonds is 2. The number of para-hydroxylation sites is 3. The molecule has 0 spiro atoms. The Labute approximate surface area is 246 Å². The van der Waals surface area contributed by atoms with Crippen molar-refractivity contribution in [3.63, 3.8) is 0 Å². The van der Waals surface area contributed by atoms with Crippen molar-refractivity contribution in [2.75, 3.05) is 0 Å². The highest BCUT2D eigenvalue weighted by atomic mass is 16.3. The molecule has 10 aromatic rings. The van der Waals surface area contributed by atoms with Gasteiger partial charge in [0.2, 0.25) is 0 Å². The van der Waals surface area contributed by atoms with Crippen LogP contribution in [0, 0.1) is 0 Å². The van der Waals surface area contributed by atoms with Gasteiger partial charge in [0, 0.05) is 43.7 Å². The summed E-state index contributed by atoms with van der Waals surface area (Å²) in [5, 5.41) is 9.65. The van der Waals surface area contributed by atoms with E-state index in [-0.39, 0.29) is 0 Å². The molecule has 0 amide bonds.